The maximum Gasteiger partial charge on any atom is 0.242 e. The van der Waals surface area contributed by atoms with Crippen molar-refractivity contribution in [2.24, 2.45) is 0 Å². The molecule has 6 heteroatoms. The summed E-state index contributed by atoms with van der Waals surface area (Å²) in [5, 5.41) is 4.07. The van der Waals surface area contributed by atoms with E-state index in [0.29, 0.717) is 19.7 Å². The Hall–Kier alpha value is -0.980. The zero-order valence-electron chi connectivity index (χ0n) is 11.0. The lowest BCUT2D eigenvalue weighted by atomic mass is 10.1. The molecule has 18 heavy (non-hydrogen) atoms. The van der Waals surface area contributed by atoms with Crippen molar-refractivity contribution in [2.75, 3.05) is 20.2 Å². The second-order valence-electron chi connectivity index (χ2n) is 4.45. The van der Waals surface area contributed by atoms with Gasteiger partial charge in [-0.05, 0) is 20.9 Å². The van der Waals surface area contributed by atoms with Crippen molar-refractivity contribution in [2.45, 2.75) is 32.5 Å². The van der Waals surface area contributed by atoms with E-state index in [0.717, 1.165) is 9.88 Å². The normalized spacial score (nSPS) is 25.3. The van der Waals surface area contributed by atoms with Crippen molar-refractivity contribution in [1.82, 2.24) is 15.2 Å². The van der Waals surface area contributed by atoms with Crippen LogP contribution in [0.4, 0.5) is 0 Å². The molecule has 5 nitrogen and oxygen atoms in total. The summed E-state index contributed by atoms with van der Waals surface area (Å²) < 4.78 is 5.61. The molecular weight excluding hydrogens is 250 g/mol. The Balaban J connectivity index is 2.09. The predicted molar refractivity (Wildman–Crippen MR) is 70.5 cm³/mol. The Kier molecular flexibility index (Phi) is 4.31. The summed E-state index contributed by atoms with van der Waals surface area (Å²) in [6.07, 6.45) is 1.76. The van der Waals surface area contributed by atoms with Crippen LogP contribution in [0.5, 0.6) is 0 Å². The summed E-state index contributed by atoms with van der Waals surface area (Å²) in [6.45, 7) is 5.75. The van der Waals surface area contributed by atoms with Crippen molar-refractivity contribution in [3.05, 3.63) is 16.1 Å². The van der Waals surface area contributed by atoms with Crippen LogP contribution in [0, 0.1) is 6.92 Å². The molecule has 1 saturated heterocycles. The number of likely N-dealkylation sites (N-methyl/N-ethyl adjacent to an activating group) is 1. The smallest absolute Gasteiger partial charge is 0.242 e. The van der Waals surface area contributed by atoms with Gasteiger partial charge in [-0.25, -0.2) is 4.98 Å². The number of carbonyl (C=O) groups is 1. The summed E-state index contributed by atoms with van der Waals surface area (Å²) in [4.78, 5) is 19.5. The molecule has 1 aliphatic rings. The summed E-state index contributed by atoms with van der Waals surface area (Å²) in [7, 11) is 1.79. The van der Waals surface area contributed by atoms with E-state index in [1.165, 1.54) is 0 Å². The van der Waals surface area contributed by atoms with Crippen molar-refractivity contribution >= 4 is 17.2 Å². The maximum atomic E-state index is 12.4. The third-order valence-corrected chi connectivity index (χ3v) is 4.01. The number of ether oxygens (including phenoxy) is 1. The van der Waals surface area contributed by atoms with Gasteiger partial charge in [-0.15, -0.1) is 11.3 Å². The first-order chi connectivity index (χ1) is 8.61. The number of hydrogen-bond donors (Lipinski definition) is 1. The van der Waals surface area contributed by atoms with Crippen LogP contribution >= 0.6 is 11.3 Å². The zero-order valence-corrected chi connectivity index (χ0v) is 11.8. The number of aryl methyl sites for hydroxylation is 1. The Morgan fingerprint density at radius 3 is 3.06 bits per heavy atom. The van der Waals surface area contributed by atoms with E-state index in [4.69, 9.17) is 4.74 Å². The van der Waals surface area contributed by atoms with Gasteiger partial charge in [0.15, 0.2) is 0 Å². The minimum absolute atomic E-state index is 0.0873. The number of nitrogens with one attached hydrogen (secondary N) is 1. The van der Waals surface area contributed by atoms with Crippen molar-refractivity contribution in [3.8, 4) is 0 Å². The van der Waals surface area contributed by atoms with Gasteiger partial charge < -0.3 is 15.0 Å². The van der Waals surface area contributed by atoms with Gasteiger partial charge in [-0.2, -0.15) is 0 Å². The van der Waals surface area contributed by atoms with Gasteiger partial charge in [0.25, 0.3) is 0 Å². The molecule has 1 aromatic heterocycles. The number of carbonyl (C=O) groups excluding carboxylic acids is 1. The average Bonchev–Trinajstić information content (AvgIpc) is 2.68. The average molecular weight is 269 g/mol. The van der Waals surface area contributed by atoms with Crippen LogP contribution in [0.15, 0.2) is 6.20 Å². The SMILES string of the molecule is CNC1C(=O)N(Cc2cnc(C)s2)CCOC1C. The van der Waals surface area contributed by atoms with Crippen molar-refractivity contribution in [3.63, 3.8) is 0 Å². The highest BCUT2D eigenvalue weighted by molar-refractivity contribution is 7.11. The first kappa shape index (κ1) is 13.5. The van der Waals surface area contributed by atoms with Gasteiger partial charge in [0, 0.05) is 17.6 Å². The van der Waals surface area contributed by atoms with Gasteiger partial charge in [0.1, 0.15) is 6.04 Å². The molecule has 0 aromatic carbocycles. The first-order valence-corrected chi connectivity index (χ1v) is 6.92. The minimum atomic E-state index is -0.262. The molecule has 2 unspecified atom stereocenters. The van der Waals surface area contributed by atoms with Crippen LogP contribution < -0.4 is 5.32 Å². The molecule has 2 atom stereocenters. The predicted octanol–water partition coefficient (Wildman–Crippen LogP) is 0.787. The highest BCUT2D eigenvalue weighted by Gasteiger charge is 2.31. The van der Waals surface area contributed by atoms with Gasteiger partial charge in [0.2, 0.25) is 5.91 Å². The van der Waals surface area contributed by atoms with Crippen LogP contribution in [-0.4, -0.2) is 48.1 Å². The second kappa shape index (κ2) is 5.77. The number of aromatic nitrogens is 1. The number of amides is 1. The molecule has 2 rings (SSSR count). The highest BCUT2D eigenvalue weighted by Crippen LogP contribution is 2.17. The van der Waals surface area contributed by atoms with Gasteiger partial charge >= 0.3 is 0 Å². The Bertz CT molecular complexity index is 421. The zero-order chi connectivity index (χ0) is 13.1. The molecule has 0 saturated carbocycles. The summed E-state index contributed by atoms with van der Waals surface area (Å²) in [5.41, 5.74) is 0. The third kappa shape index (κ3) is 2.88. The van der Waals surface area contributed by atoms with E-state index in [1.54, 1.807) is 18.4 Å². The second-order valence-corrected chi connectivity index (χ2v) is 5.77. The van der Waals surface area contributed by atoms with E-state index in [1.807, 2.05) is 24.9 Å². The Morgan fingerprint density at radius 2 is 2.44 bits per heavy atom. The molecule has 100 valence electrons. The Labute approximate surface area is 111 Å². The van der Waals surface area contributed by atoms with E-state index in [-0.39, 0.29) is 18.1 Å². The molecule has 0 aliphatic carbocycles. The summed E-state index contributed by atoms with van der Waals surface area (Å²) >= 11 is 1.63. The van der Waals surface area contributed by atoms with Crippen LogP contribution in [-0.2, 0) is 16.1 Å². The molecule has 1 amide bonds. The van der Waals surface area contributed by atoms with Crippen LogP contribution in [0.1, 0.15) is 16.8 Å². The molecule has 1 aromatic rings. The lowest BCUT2D eigenvalue weighted by Crippen LogP contribution is -2.48. The van der Waals surface area contributed by atoms with Gasteiger partial charge in [-0.3, -0.25) is 4.79 Å². The fraction of sp³-hybridized carbons (Fsp3) is 0.667. The topological polar surface area (TPSA) is 54.5 Å². The van der Waals surface area contributed by atoms with Crippen molar-refractivity contribution in [1.29, 1.82) is 0 Å². The molecule has 0 bridgehead atoms. The molecule has 2 heterocycles. The monoisotopic (exact) mass is 269 g/mol. The Morgan fingerprint density at radius 1 is 1.67 bits per heavy atom. The lowest BCUT2D eigenvalue weighted by molar-refractivity contribution is -0.134. The number of thiazole rings is 1. The summed E-state index contributed by atoms with van der Waals surface area (Å²) in [5.74, 6) is 0.105. The molecule has 1 N–H and O–H groups in total. The van der Waals surface area contributed by atoms with Gasteiger partial charge in [0.05, 0.1) is 24.3 Å². The van der Waals surface area contributed by atoms with Gasteiger partial charge in [-0.1, -0.05) is 0 Å². The number of hydrogen-bond acceptors (Lipinski definition) is 5. The number of nitrogens with zero attached hydrogens (tertiary/aromatic N) is 2. The molecule has 1 fully saturated rings. The van der Waals surface area contributed by atoms with Crippen molar-refractivity contribution < 1.29 is 9.53 Å². The fourth-order valence-corrected chi connectivity index (χ4v) is 2.95. The largest absolute Gasteiger partial charge is 0.374 e. The fourth-order valence-electron chi connectivity index (χ4n) is 2.13. The minimum Gasteiger partial charge on any atom is -0.374 e. The molecule has 1 aliphatic heterocycles. The molecular formula is C12H19N3O2S. The van der Waals surface area contributed by atoms with E-state index in [9.17, 15) is 4.79 Å². The van der Waals surface area contributed by atoms with E-state index < -0.39 is 0 Å². The quantitative estimate of drug-likeness (QED) is 0.881. The highest BCUT2D eigenvalue weighted by atomic mass is 32.1. The first-order valence-electron chi connectivity index (χ1n) is 6.10. The third-order valence-electron chi connectivity index (χ3n) is 3.12. The van der Waals surface area contributed by atoms with Crippen LogP contribution in [0.25, 0.3) is 0 Å². The molecule has 0 spiro atoms. The van der Waals surface area contributed by atoms with E-state index >= 15 is 0 Å². The standard InChI is InChI=1S/C12H19N3O2S/c1-8-11(13-3)12(16)15(4-5-17-8)7-10-6-14-9(2)18-10/h6,8,11,13H,4-5,7H2,1-3H3. The van der Waals surface area contributed by atoms with Crippen LogP contribution in [0.2, 0.25) is 0 Å². The summed E-state index contributed by atoms with van der Waals surface area (Å²) in [6, 6.07) is -0.262. The van der Waals surface area contributed by atoms with Crippen LogP contribution in [0.3, 0.4) is 0 Å². The number of rotatable bonds is 3. The maximum absolute atomic E-state index is 12.4. The molecule has 0 radical (unpaired) electrons. The lowest BCUT2D eigenvalue weighted by Gasteiger charge is -2.24. The van der Waals surface area contributed by atoms with E-state index in [2.05, 4.69) is 10.3 Å².